The third-order valence-electron chi connectivity index (χ3n) is 3.59. The van der Waals surface area contributed by atoms with Crippen LogP contribution in [0.3, 0.4) is 0 Å². The number of hydrogen-bond donors (Lipinski definition) is 1. The lowest BCUT2D eigenvalue weighted by Gasteiger charge is -2.12. The Kier molecular flexibility index (Phi) is 5.36. The van der Waals surface area contributed by atoms with Crippen LogP contribution in [0.4, 0.5) is 0 Å². The van der Waals surface area contributed by atoms with Crippen LogP contribution in [-0.2, 0) is 19.5 Å². The maximum atomic E-state index is 4.49. The molecule has 0 saturated carbocycles. The van der Waals surface area contributed by atoms with Crippen molar-refractivity contribution in [1.29, 1.82) is 0 Å². The zero-order chi connectivity index (χ0) is 14.4. The van der Waals surface area contributed by atoms with Gasteiger partial charge in [0.25, 0.3) is 0 Å². The van der Waals surface area contributed by atoms with Gasteiger partial charge in [0, 0.05) is 31.9 Å². The Labute approximate surface area is 122 Å². The van der Waals surface area contributed by atoms with Crippen LogP contribution in [0.25, 0.3) is 0 Å². The molecule has 0 spiro atoms. The van der Waals surface area contributed by atoms with Crippen LogP contribution >= 0.6 is 0 Å². The van der Waals surface area contributed by atoms with E-state index >= 15 is 0 Å². The number of imidazole rings is 1. The van der Waals surface area contributed by atoms with E-state index in [2.05, 4.69) is 60.0 Å². The molecule has 0 aliphatic rings. The van der Waals surface area contributed by atoms with Gasteiger partial charge in [-0.2, -0.15) is 0 Å². The van der Waals surface area contributed by atoms with Crippen LogP contribution in [0.15, 0.2) is 30.6 Å². The molecule has 0 radical (unpaired) electrons. The van der Waals surface area contributed by atoms with Crippen LogP contribution in [0.5, 0.6) is 0 Å². The van der Waals surface area contributed by atoms with Gasteiger partial charge in [0.2, 0.25) is 0 Å². The maximum Gasteiger partial charge on any atom is 0.113 e. The summed E-state index contributed by atoms with van der Waals surface area (Å²) in [4.78, 5) is 4.49. The van der Waals surface area contributed by atoms with E-state index in [1.54, 1.807) is 0 Å². The second-order valence-electron chi connectivity index (χ2n) is 5.26. The predicted octanol–water partition coefficient (Wildman–Crippen LogP) is 3.30. The molecule has 0 saturated heterocycles. The fourth-order valence-corrected chi connectivity index (χ4v) is 2.46. The topological polar surface area (TPSA) is 29.9 Å². The van der Waals surface area contributed by atoms with Crippen molar-refractivity contribution in [1.82, 2.24) is 14.9 Å². The number of aryl methyl sites for hydroxylation is 2. The summed E-state index contributed by atoms with van der Waals surface area (Å²) >= 11 is 0. The zero-order valence-electron chi connectivity index (χ0n) is 12.8. The van der Waals surface area contributed by atoms with Crippen molar-refractivity contribution in [2.45, 2.75) is 46.7 Å². The third kappa shape index (κ3) is 3.70. The molecule has 3 heteroatoms. The molecule has 0 aliphatic heterocycles. The van der Waals surface area contributed by atoms with E-state index in [9.17, 15) is 0 Å². The summed E-state index contributed by atoms with van der Waals surface area (Å²) in [5.41, 5.74) is 4.08. The summed E-state index contributed by atoms with van der Waals surface area (Å²) in [6, 6.07) is 6.73. The van der Waals surface area contributed by atoms with Crippen LogP contribution < -0.4 is 5.32 Å². The molecule has 1 N–H and O–H groups in total. The first-order chi connectivity index (χ1) is 9.74. The predicted molar refractivity (Wildman–Crippen MR) is 83.9 cm³/mol. The highest BCUT2D eigenvalue weighted by Crippen LogP contribution is 2.16. The molecule has 108 valence electrons. The molecule has 0 bridgehead atoms. The molecule has 0 atom stereocenters. The van der Waals surface area contributed by atoms with Crippen molar-refractivity contribution < 1.29 is 0 Å². The largest absolute Gasteiger partial charge is 0.335 e. The highest BCUT2D eigenvalue weighted by molar-refractivity contribution is 5.33. The maximum absolute atomic E-state index is 4.49. The first-order valence-electron chi connectivity index (χ1n) is 7.53. The number of benzene rings is 1. The van der Waals surface area contributed by atoms with Crippen molar-refractivity contribution >= 4 is 0 Å². The standard InChI is InChI=1S/C17H25N3/c1-4-8-18-13-15-7-6-14(3)11-16(15)12-17-19-9-10-20(17)5-2/h6-7,9-11,18H,4-5,8,12-13H2,1-3H3. The minimum Gasteiger partial charge on any atom is -0.335 e. The van der Waals surface area contributed by atoms with Crippen LogP contribution in [-0.4, -0.2) is 16.1 Å². The van der Waals surface area contributed by atoms with Gasteiger partial charge < -0.3 is 9.88 Å². The third-order valence-corrected chi connectivity index (χ3v) is 3.59. The minimum atomic E-state index is 0.908. The SMILES string of the molecule is CCCNCc1ccc(C)cc1Cc1nccn1CC. The van der Waals surface area contributed by atoms with Crippen LogP contribution in [0, 0.1) is 6.92 Å². The van der Waals surface area contributed by atoms with Crippen molar-refractivity contribution in [2.75, 3.05) is 6.54 Å². The molecule has 0 amide bonds. The Morgan fingerprint density at radius 3 is 2.80 bits per heavy atom. The van der Waals surface area contributed by atoms with Gasteiger partial charge in [-0.1, -0.05) is 30.7 Å². The lowest BCUT2D eigenvalue weighted by atomic mass is 10.0. The molecule has 1 aromatic heterocycles. The van der Waals surface area contributed by atoms with E-state index in [1.807, 2.05) is 6.20 Å². The zero-order valence-corrected chi connectivity index (χ0v) is 12.8. The highest BCUT2D eigenvalue weighted by Gasteiger charge is 2.08. The van der Waals surface area contributed by atoms with Gasteiger partial charge in [-0.05, 0) is 37.9 Å². The molecule has 1 heterocycles. The van der Waals surface area contributed by atoms with Crippen molar-refractivity contribution in [3.8, 4) is 0 Å². The van der Waals surface area contributed by atoms with Gasteiger partial charge >= 0.3 is 0 Å². The van der Waals surface area contributed by atoms with E-state index in [-0.39, 0.29) is 0 Å². The molecule has 20 heavy (non-hydrogen) atoms. The number of nitrogens with one attached hydrogen (secondary N) is 1. The molecule has 0 unspecified atom stereocenters. The summed E-state index contributed by atoms with van der Waals surface area (Å²) in [6.07, 6.45) is 6.02. The second kappa shape index (κ2) is 7.25. The Morgan fingerprint density at radius 2 is 2.05 bits per heavy atom. The number of rotatable bonds is 7. The van der Waals surface area contributed by atoms with E-state index in [0.717, 1.165) is 31.9 Å². The van der Waals surface area contributed by atoms with Gasteiger partial charge in [0.15, 0.2) is 0 Å². The van der Waals surface area contributed by atoms with Crippen molar-refractivity contribution in [3.63, 3.8) is 0 Å². The average molecular weight is 271 g/mol. The molecule has 3 nitrogen and oxygen atoms in total. The molecule has 0 fully saturated rings. The van der Waals surface area contributed by atoms with Gasteiger partial charge in [0.1, 0.15) is 5.82 Å². The van der Waals surface area contributed by atoms with Gasteiger partial charge in [-0.15, -0.1) is 0 Å². The molecule has 2 rings (SSSR count). The summed E-state index contributed by atoms with van der Waals surface area (Å²) in [5, 5.41) is 3.49. The van der Waals surface area contributed by atoms with Crippen LogP contribution in [0.1, 0.15) is 42.8 Å². The quantitative estimate of drug-likeness (QED) is 0.783. The molecular formula is C17H25N3. The lowest BCUT2D eigenvalue weighted by molar-refractivity contribution is 0.667. The Morgan fingerprint density at radius 1 is 1.20 bits per heavy atom. The summed E-state index contributed by atoms with van der Waals surface area (Å²) < 4.78 is 2.21. The number of nitrogens with zero attached hydrogens (tertiary/aromatic N) is 2. The summed E-state index contributed by atoms with van der Waals surface area (Å²) in [5.74, 6) is 1.15. The van der Waals surface area contributed by atoms with Gasteiger partial charge in [-0.3, -0.25) is 0 Å². The average Bonchev–Trinajstić information content (AvgIpc) is 2.88. The van der Waals surface area contributed by atoms with E-state index < -0.39 is 0 Å². The highest BCUT2D eigenvalue weighted by atomic mass is 15.0. The number of hydrogen-bond acceptors (Lipinski definition) is 2. The smallest absolute Gasteiger partial charge is 0.113 e. The summed E-state index contributed by atoms with van der Waals surface area (Å²) in [7, 11) is 0. The summed E-state index contributed by atoms with van der Waals surface area (Å²) in [6.45, 7) is 9.49. The van der Waals surface area contributed by atoms with Crippen molar-refractivity contribution in [2.24, 2.45) is 0 Å². The van der Waals surface area contributed by atoms with Gasteiger partial charge in [-0.25, -0.2) is 4.98 Å². The normalized spacial score (nSPS) is 10.9. The first kappa shape index (κ1) is 14.8. The molecular weight excluding hydrogens is 246 g/mol. The van der Waals surface area contributed by atoms with E-state index in [1.165, 1.54) is 23.1 Å². The first-order valence-corrected chi connectivity index (χ1v) is 7.53. The lowest BCUT2D eigenvalue weighted by Crippen LogP contribution is -2.15. The van der Waals surface area contributed by atoms with E-state index in [0.29, 0.717) is 0 Å². The number of aromatic nitrogens is 2. The Balaban J connectivity index is 2.18. The minimum absolute atomic E-state index is 0.908. The fraction of sp³-hybridized carbons (Fsp3) is 0.471. The molecule has 1 aromatic carbocycles. The Bertz CT molecular complexity index is 543. The monoisotopic (exact) mass is 271 g/mol. The van der Waals surface area contributed by atoms with E-state index in [4.69, 9.17) is 0 Å². The van der Waals surface area contributed by atoms with Crippen LogP contribution in [0.2, 0.25) is 0 Å². The molecule has 2 aromatic rings. The van der Waals surface area contributed by atoms with Gasteiger partial charge in [0.05, 0.1) is 0 Å². The molecule has 0 aliphatic carbocycles. The van der Waals surface area contributed by atoms with Crippen molar-refractivity contribution in [3.05, 3.63) is 53.1 Å². The fourth-order valence-electron chi connectivity index (χ4n) is 2.46. The second-order valence-corrected chi connectivity index (χ2v) is 5.26. The Hall–Kier alpha value is -1.61.